The molecule has 2 fully saturated rings. The number of ether oxygens (including phenoxy) is 1. The summed E-state index contributed by atoms with van der Waals surface area (Å²) in [6.07, 6.45) is 3.09. The molecule has 1 atom stereocenters. The van der Waals surface area contributed by atoms with E-state index in [1.54, 1.807) is 11.0 Å². The van der Waals surface area contributed by atoms with Gasteiger partial charge in [-0.2, -0.15) is 4.31 Å². The first-order chi connectivity index (χ1) is 12.6. The summed E-state index contributed by atoms with van der Waals surface area (Å²) in [5, 5.41) is 3.16. The number of hydrogen-bond acceptors (Lipinski definition) is 5. The van der Waals surface area contributed by atoms with Crippen molar-refractivity contribution in [3.05, 3.63) is 29.3 Å². The molecule has 2 heterocycles. The molecule has 8 heteroatoms. The predicted octanol–water partition coefficient (Wildman–Crippen LogP) is -0.00340. The zero-order chi connectivity index (χ0) is 18.1. The Balaban J connectivity index is 1.41. The largest absolute Gasteiger partial charge is 0.378 e. The summed E-state index contributed by atoms with van der Waals surface area (Å²) in [4.78, 5) is 14.6. The van der Waals surface area contributed by atoms with Crippen molar-refractivity contribution >= 4 is 15.9 Å². The maximum atomic E-state index is 13.0. The highest BCUT2D eigenvalue weighted by Gasteiger charge is 2.33. The molecule has 1 aliphatic carbocycles. The lowest BCUT2D eigenvalue weighted by Gasteiger charge is -2.36. The third-order valence-corrected chi connectivity index (χ3v) is 7.37. The van der Waals surface area contributed by atoms with E-state index >= 15 is 0 Å². The van der Waals surface area contributed by atoms with Crippen molar-refractivity contribution in [3.63, 3.8) is 0 Å². The van der Waals surface area contributed by atoms with Gasteiger partial charge in [0.15, 0.2) is 0 Å². The van der Waals surface area contributed by atoms with Gasteiger partial charge in [-0.1, -0.05) is 6.07 Å². The van der Waals surface area contributed by atoms with Crippen LogP contribution >= 0.6 is 0 Å². The molecule has 1 aromatic carbocycles. The van der Waals surface area contributed by atoms with E-state index < -0.39 is 10.0 Å². The van der Waals surface area contributed by atoms with Crippen molar-refractivity contribution in [1.29, 1.82) is 0 Å². The lowest BCUT2D eigenvalue weighted by Crippen LogP contribution is -2.57. The van der Waals surface area contributed by atoms with Crippen LogP contribution in [0, 0.1) is 0 Å². The Hall–Kier alpha value is -1.48. The van der Waals surface area contributed by atoms with Crippen molar-refractivity contribution in [2.45, 2.75) is 30.2 Å². The Bertz CT molecular complexity index is 782. The fourth-order valence-corrected chi connectivity index (χ4v) is 5.42. The molecule has 26 heavy (non-hydrogen) atoms. The molecule has 1 unspecified atom stereocenters. The summed E-state index contributed by atoms with van der Waals surface area (Å²) in [5.41, 5.74) is 2.42. The van der Waals surface area contributed by atoms with Crippen LogP contribution in [0.2, 0.25) is 0 Å². The number of aryl methyl sites for hydroxylation is 2. The number of hydrogen-bond donors (Lipinski definition) is 1. The highest BCUT2D eigenvalue weighted by atomic mass is 32.2. The normalized spacial score (nSPS) is 24.5. The van der Waals surface area contributed by atoms with E-state index in [1.807, 2.05) is 12.1 Å². The van der Waals surface area contributed by atoms with Crippen molar-refractivity contribution in [2.75, 3.05) is 45.9 Å². The minimum absolute atomic E-state index is 0.000668. The Morgan fingerprint density at radius 1 is 1.12 bits per heavy atom. The number of morpholine rings is 1. The zero-order valence-corrected chi connectivity index (χ0v) is 15.6. The molecule has 0 saturated carbocycles. The smallest absolute Gasteiger partial charge is 0.243 e. The number of benzene rings is 1. The summed E-state index contributed by atoms with van der Waals surface area (Å²) < 4.78 is 32.8. The quantitative estimate of drug-likeness (QED) is 0.800. The van der Waals surface area contributed by atoms with Crippen LogP contribution in [0.5, 0.6) is 0 Å². The first-order valence-corrected chi connectivity index (χ1v) is 10.7. The molecule has 0 bridgehead atoms. The van der Waals surface area contributed by atoms with Gasteiger partial charge < -0.3 is 15.0 Å². The van der Waals surface area contributed by atoms with Crippen LogP contribution in [0.3, 0.4) is 0 Å². The summed E-state index contributed by atoms with van der Waals surface area (Å²) >= 11 is 0. The Morgan fingerprint density at radius 2 is 1.88 bits per heavy atom. The van der Waals surface area contributed by atoms with Crippen molar-refractivity contribution in [1.82, 2.24) is 14.5 Å². The van der Waals surface area contributed by atoms with Crippen LogP contribution in [0.4, 0.5) is 0 Å². The van der Waals surface area contributed by atoms with Crippen molar-refractivity contribution in [3.8, 4) is 0 Å². The van der Waals surface area contributed by atoms with Crippen LogP contribution in [-0.2, 0) is 32.4 Å². The maximum Gasteiger partial charge on any atom is 0.243 e. The van der Waals surface area contributed by atoms with E-state index in [4.69, 9.17) is 4.74 Å². The number of piperazine rings is 1. The number of sulfonamides is 1. The molecule has 3 aliphatic rings. The van der Waals surface area contributed by atoms with Gasteiger partial charge in [0.2, 0.25) is 15.9 Å². The second kappa shape index (κ2) is 7.26. The van der Waals surface area contributed by atoms with Gasteiger partial charge in [-0.05, 0) is 42.5 Å². The minimum Gasteiger partial charge on any atom is -0.378 e. The third kappa shape index (κ3) is 3.38. The van der Waals surface area contributed by atoms with Gasteiger partial charge in [0.1, 0.15) is 6.04 Å². The van der Waals surface area contributed by atoms with Gasteiger partial charge in [0.05, 0.1) is 18.1 Å². The fraction of sp³-hybridized carbons (Fsp3) is 0.611. The average molecular weight is 379 g/mol. The van der Waals surface area contributed by atoms with Gasteiger partial charge in [0.25, 0.3) is 0 Å². The maximum absolute atomic E-state index is 13.0. The number of fused-ring (bicyclic) bond motifs is 1. The van der Waals surface area contributed by atoms with E-state index in [1.165, 1.54) is 9.87 Å². The standard InChI is InChI=1S/C18H25N3O4S/c22-18(17-13-25-11-6-19-17)20-7-9-21(10-8-20)26(23,24)16-5-4-14-2-1-3-15(14)12-16/h4-5,12,17,19H,1-3,6-11,13H2. The van der Waals surface area contributed by atoms with Crippen LogP contribution in [-0.4, -0.2) is 75.5 Å². The van der Waals surface area contributed by atoms with Crippen molar-refractivity contribution in [2.24, 2.45) is 0 Å². The Morgan fingerprint density at radius 3 is 2.62 bits per heavy atom. The molecule has 1 N–H and O–H groups in total. The first-order valence-electron chi connectivity index (χ1n) is 9.27. The molecule has 0 spiro atoms. The lowest BCUT2D eigenvalue weighted by molar-refractivity contribution is -0.137. The summed E-state index contributed by atoms with van der Waals surface area (Å²) in [6.45, 7) is 3.17. The molecule has 0 radical (unpaired) electrons. The topological polar surface area (TPSA) is 79.0 Å². The Kier molecular flexibility index (Phi) is 5.00. The van der Waals surface area contributed by atoms with Crippen LogP contribution in [0.1, 0.15) is 17.5 Å². The second-order valence-electron chi connectivity index (χ2n) is 7.10. The second-order valence-corrected chi connectivity index (χ2v) is 9.03. The van der Waals surface area contributed by atoms with Crippen LogP contribution in [0.25, 0.3) is 0 Å². The third-order valence-electron chi connectivity index (χ3n) is 5.48. The monoisotopic (exact) mass is 379 g/mol. The van der Waals surface area contributed by atoms with Crippen molar-refractivity contribution < 1.29 is 17.9 Å². The molecular weight excluding hydrogens is 354 g/mol. The summed E-state index contributed by atoms with van der Waals surface area (Å²) in [6, 6.07) is 5.19. The molecule has 142 valence electrons. The number of carbonyl (C=O) groups is 1. The van der Waals surface area contributed by atoms with E-state index in [-0.39, 0.29) is 11.9 Å². The molecule has 2 aliphatic heterocycles. The summed E-state index contributed by atoms with van der Waals surface area (Å²) in [5.74, 6) is -0.000668. The van der Waals surface area contributed by atoms with Gasteiger partial charge in [-0.25, -0.2) is 8.42 Å². The highest BCUT2D eigenvalue weighted by Crippen LogP contribution is 2.26. The lowest BCUT2D eigenvalue weighted by atomic mass is 10.1. The van der Waals surface area contributed by atoms with E-state index in [2.05, 4.69) is 5.32 Å². The zero-order valence-electron chi connectivity index (χ0n) is 14.8. The molecule has 1 amide bonds. The minimum atomic E-state index is -3.50. The molecule has 2 saturated heterocycles. The number of nitrogens with one attached hydrogen (secondary N) is 1. The van der Waals surface area contributed by atoms with E-state index in [0.29, 0.717) is 50.8 Å². The first kappa shape index (κ1) is 17.9. The molecular formula is C18H25N3O4S. The number of rotatable bonds is 3. The van der Waals surface area contributed by atoms with Gasteiger partial charge in [-0.3, -0.25) is 4.79 Å². The molecule has 0 aromatic heterocycles. The van der Waals surface area contributed by atoms with E-state index in [0.717, 1.165) is 24.8 Å². The number of amides is 1. The van der Waals surface area contributed by atoms with Gasteiger partial charge >= 0.3 is 0 Å². The number of carbonyl (C=O) groups excluding carboxylic acids is 1. The SMILES string of the molecule is O=C(C1COCCN1)N1CCN(S(=O)(=O)c2ccc3c(c2)CCC3)CC1. The molecule has 1 aromatic rings. The molecule has 7 nitrogen and oxygen atoms in total. The fourth-order valence-electron chi connectivity index (χ4n) is 3.95. The van der Waals surface area contributed by atoms with Gasteiger partial charge in [-0.15, -0.1) is 0 Å². The van der Waals surface area contributed by atoms with E-state index in [9.17, 15) is 13.2 Å². The van der Waals surface area contributed by atoms with Crippen LogP contribution in [0.15, 0.2) is 23.1 Å². The Labute approximate surface area is 154 Å². The number of nitrogens with zero attached hydrogens (tertiary/aromatic N) is 2. The highest BCUT2D eigenvalue weighted by molar-refractivity contribution is 7.89. The molecule has 4 rings (SSSR count). The summed E-state index contributed by atoms with van der Waals surface area (Å²) in [7, 11) is -3.50. The average Bonchev–Trinajstić information content (AvgIpc) is 3.16. The van der Waals surface area contributed by atoms with Gasteiger partial charge in [0, 0.05) is 32.7 Å². The van der Waals surface area contributed by atoms with Crippen LogP contribution < -0.4 is 5.32 Å². The predicted molar refractivity (Wildman–Crippen MR) is 96.4 cm³/mol.